The molecule has 3 amide bonds. The molecule has 1 unspecified atom stereocenters. The zero-order valence-corrected chi connectivity index (χ0v) is 9.26. The van der Waals surface area contributed by atoms with Crippen molar-refractivity contribution >= 4 is 11.9 Å². The number of imide groups is 1. The van der Waals surface area contributed by atoms with Crippen LogP contribution in [0.1, 0.15) is 40.5 Å². The molecule has 1 heterocycles. The Hall–Kier alpha value is -1.06. The Labute approximate surface area is 84.7 Å². The van der Waals surface area contributed by atoms with E-state index >= 15 is 0 Å². The third-order valence-corrected chi connectivity index (χ3v) is 2.27. The van der Waals surface area contributed by atoms with Gasteiger partial charge < -0.3 is 5.32 Å². The molecule has 0 aromatic heterocycles. The lowest BCUT2D eigenvalue weighted by atomic mass is 10.1. The average molecular weight is 198 g/mol. The van der Waals surface area contributed by atoms with Crippen LogP contribution in [0.3, 0.4) is 0 Å². The highest BCUT2D eigenvalue weighted by atomic mass is 16.2. The van der Waals surface area contributed by atoms with Crippen LogP contribution < -0.4 is 5.32 Å². The quantitative estimate of drug-likeness (QED) is 0.684. The largest absolute Gasteiger partial charge is 0.326 e. The monoisotopic (exact) mass is 198 g/mol. The van der Waals surface area contributed by atoms with E-state index in [0.717, 1.165) is 12.8 Å². The number of hydrogen-bond donors (Lipinski definition) is 1. The number of carbonyl (C=O) groups is 2. The molecule has 1 aliphatic heterocycles. The van der Waals surface area contributed by atoms with Crippen molar-refractivity contribution in [3.05, 3.63) is 0 Å². The number of urea groups is 1. The van der Waals surface area contributed by atoms with Gasteiger partial charge in [0.1, 0.15) is 6.04 Å². The molecule has 1 saturated heterocycles. The maximum Gasteiger partial charge on any atom is 0.325 e. The van der Waals surface area contributed by atoms with Crippen LogP contribution in [-0.2, 0) is 4.79 Å². The lowest BCUT2D eigenvalue weighted by Crippen LogP contribution is -2.46. The summed E-state index contributed by atoms with van der Waals surface area (Å²) in [6.45, 7) is 7.58. The molecule has 1 rings (SSSR count). The summed E-state index contributed by atoms with van der Waals surface area (Å²) in [5, 5.41) is 2.70. The number of amides is 3. The second-order valence-corrected chi connectivity index (χ2v) is 4.64. The van der Waals surface area contributed by atoms with E-state index in [2.05, 4.69) is 5.32 Å². The lowest BCUT2D eigenvalue weighted by molar-refractivity contribution is -0.130. The Morgan fingerprint density at radius 3 is 2.29 bits per heavy atom. The minimum atomic E-state index is -0.427. The van der Waals surface area contributed by atoms with Gasteiger partial charge in [-0.3, -0.25) is 9.69 Å². The molecule has 1 N–H and O–H groups in total. The Bertz CT molecular complexity index is 255. The Balaban J connectivity index is 2.81. The van der Waals surface area contributed by atoms with E-state index < -0.39 is 5.54 Å². The molecule has 1 fully saturated rings. The van der Waals surface area contributed by atoms with E-state index in [-0.39, 0.29) is 18.0 Å². The summed E-state index contributed by atoms with van der Waals surface area (Å²) >= 11 is 0. The van der Waals surface area contributed by atoms with Crippen LogP contribution in [0.25, 0.3) is 0 Å². The van der Waals surface area contributed by atoms with Crippen LogP contribution in [0.4, 0.5) is 4.79 Å². The standard InChI is InChI=1S/C10H18N2O2/c1-5-6-7-8(13)12(9(14)11-7)10(2,3)4/h7H,5-6H2,1-4H3,(H,11,14). The Kier molecular flexibility index (Phi) is 2.83. The van der Waals surface area contributed by atoms with E-state index in [9.17, 15) is 9.59 Å². The number of nitrogens with one attached hydrogen (secondary N) is 1. The first kappa shape index (κ1) is 11.0. The minimum absolute atomic E-state index is 0.0932. The van der Waals surface area contributed by atoms with Crippen molar-refractivity contribution in [1.82, 2.24) is 10.2 Å². The van der Waals surface area contributed by atoms with E-state index in [0.29, 0.717) is 0 Å². The highest BCUT2D eigenvalue weighted by Gasteiger charge is 2.43. The SMILES string of the molecule is CCCC1NC(=O)N(C(C)(C)C)C1=O. The second-order valence-electron chi connectivity index (χ2n) is 4.64. The van der Waals surface area contributed by atoms with Gasteiger partial charge in [-0.25, -0.2) is 4.79 Å². The zero-order chi connectivity index (χ0) is 10.9. The lowest BCUT2D eigenvalue weighted by Gasteiger charge is -2.28. The van der Waals surface area contributed by atoms with Gasteiger partial charge in [-0.15, -0.1) is 0 Å². The molecule has 0 saturated carbocycles. The summed E-state index contributed by atoms with van der Waals surface area (Å²) in [6, 6.07) is -0.576. The van der Waals surface area contributed by atoms with Gasteiger partial charge in [0.15, 0.2) is 0 Å². The zero-order valence-electron chi connectivity index (χ0n) is 9.26. The molecule has 0 bridgehead atoms. The smallest absolute Gasteiger partial charge is 0.325 e. The van der Waals surface area contributed by atoms with Crippen molar-refractivity contribution in [2.75, 3.05) is 0 Å². The molecule has 0 radical (unpaired) electrons. The Morgan fingerprint density at radius 2 is 1.93 bits per heavy atom. The highest BCUT2D eigenvalue weighted by Crippen LogP contribution is 2.21. The van der Waals surface area contributed by atoms with Crippen LogP contribution in [0, 0.1) is 0 Å². The van der Waals surface area contributed by atoms with E-state index in [1.807, 2.05) is 27.7 Å². The topological polar surface area (TPSA) is 49.4 Å². The predicted octanol–water partition coefficient (Wildman–Crippen LogP) is 1.51. The summed E-state index contributed by atoms with van der Waals surface area (Å²) in [6.07, 6.45) is 1.62. The van der Waals surface area contributed by atoms with Crippen LogP contribution >= 0.6 is 0 Å². The second kappa shape index (κ2) is 3.59. The molecule has 14 heavy (non-hydrogen) atoms. The van der Waals surface area contributed by atoms with Crippen LogP contribution in [0.2, 0.25) is 0 Å². The van der Waals surface area contributed by atoms with Crippen LogP contribution in [0.5, 0.6) is 0 Å². The van der Waals surface area contributed by atoms with Gasteiger partial charge in [0.25, 0.3) is 5.91 Å². The van der Waals surface area contributed by atoms with Crippen LogP contribution in [0.15, 0.2) is 0 Å². The molecule has 1 aliphatic rings. The summed E-state index contributed by atoms with van der Waals surface area (Å²) in [5.74, 6) is -0.0932. The van der Waals surface area contributed by atoms with Gasteiger partial charge in [0.05, 0.1) is 0 Å². The molecule has 4 heteroatoms. The van der Waals surface area contributed by atoms with E-state index in [1.165, 1.54) is 4.90 Å². The summed E-state index contributed by atoms with van der Waals surface area (Å²) < 4.78 is 0. The first-order chi connectivity index (χ1) is 6.38. The van der Waals surface area contributed by atoms with Crippen LogP contribution in [-0.4, -0.2) is 28.4 Å². The number of nitrogens with zero attached hydrogens (tertiary/aromatic N) is 1. The molecular formula is C10H18N2O2. The first-order valence-corrected chi connectivity index (χ1v) is 5.02. The molecule has 1 atom stereocenters. The summed E-state index contributed by atoms with van der Waals surface area (Å²) in [4.78, 5) is 24.6. The van der Waals surface area contributed by atoms with Gasteiger partial charge in [-0.2, -0.15) is 0 Å². The van der Waals surface area contributed by atoms with Crippen molar-refractivity contribution in [1.29, 1.82) is 0 Å². The molecule has 80 valence electrons. The maximum atomic E-state index is 11.8. The fourth-order valence-corrected chi connectivity index (χ4v) is 1.65. The number of hydrogen-bond acceptors (Lipinski definition) is 2. The van der Waals surface area contributed by atoms with Crippen molar-refractivity contribution in [3.8, 4) is 0 Å². The van der Waals surface area contributed by atoms with Crippen molar-refractivity contribution in [3.63, 3.8) is 0 Å². The Morgan fingerprint density at radius 1 is 1.36 bits per heavy atom. The summed E-state index contributed by atoms with van der Waals surface area (Å²) in [5.41, 5.74) is -0.427. The molecule has 0 spiro atoms. The highest BCUT2D eigenvalue weighted by molar-refractivity contribution is 6.04. The van der Waals surface area contributed by atoms with Crippen molar-refractivity contribution < 1.29 is 9.59 Å². The molecular weight excluding hydrogens is 180 g/mol. The third kappa shape index (κ3) is 1.89. The van der Waals surface area contributed by atoms with Gasteiger partial charge in [-0.05, 0) is 27.2 Å². The normalized spacial score (nSPS) is 22.9. The van der Waals surface area contributed by atoms with Gasteiger partial charge in [-0.1, -0.05) is 13.3 Å². The number of rotatable bonds is 2. The van der Waals surface area contributed by atoms with Crippen molar-refractivity contribution in [2.24, 2.45) is 0 Å². The first-order valence-electron chi connectivity index (χ1n) is 5.02. The summed E-state index contributed by atoms with van der Waals surface area (Å²) in [7, 11) is 0. The molecule has 0 aliphatic carbocycles. The fraction of sp³-hybridized carbons (Fsp3) is 0.800. The predicted molar refractivity (Wildman–Crippen MR) is 53.8 cm³/mol. The number of carbonyl (C=O) groups excluding carboxylic acids is 2. The third-order valence-electron chi connectivity index (χ3n) is 2.27. The van der Waals surface area contributed by atoms with Gasteiger partial charge in [0.2, 0.25) is 0 Å². The van der Waals surface area contributed by atoms with Crippen molar-refractivity contribution in [2.45, 2.75) is 52.1 Å². The van der Waals surface area contributed by atoms with E-state index in [4.69, 9.17) is 0 Å². The molecule has 0 aromatic carbocycles. The fourth-order valence-electron chi connectivity index (χ4n) is 1.65. The van der Waals surface area contributed by atoms with Gasteiger partial charge >= 0.3 is 6.03 Å². The maximum absolute atomic E-state index is 11.8. The average Bonchev–Trinajstić information content (AvgIpc) is 2.26. The minimum Gasteiger partial charge on any atom is -0.326 e. The molecule has 0 aromatic rings. The van der Waals surface area contributed by atoms with E-state index in [1.54, 1.807) is 0 Å². The molecule has 4 nitrogen and oxygen atoms in total. The van der Waals surface area contributed by atoms with Gasteiger partial charge in [0, 0.05) is 5.54 Å².